The van der Waals surface area contributed by atoms with Crippen molar-refractivity contribution in [1.82, 2.24) is 0 Å². The maximum Gasteiger partial charge on any atom is 0.171 e. The van der Waals surface area contributed by atoms with E-state index in [4.69, 9.17) is 4.74 Å². The molecule has 3 rings (SSSR count). The molecule has 0 radical (unpaired) electrons. The van der Waals surface area contributed by atoms with Crippen LogP contribution in [0.1, 0.15) is 53.4 Å². The number of rotatable bonds is 1. The van der Waals surface area contributed by atoms with Crippen molar-refractivity contribution >= 4 is 0 Å². The van der Waals surface area contributed by atoms with Crippen LogP contribution < -0.4 is 0 Å². The Morgan fingerprint density at radius 1 is 1.11 bits per heavy atom. The predicted molar refractivity (Wildman–Crippen MR) is 68.8 cm³/mol. The molecule has 0 aromatic carbocycles. The highest BCUT2D eigenvalue weighted by Gasteiger charge is 2.71. The van der Waals surface area contributed by atoms with Crippen LogP contribution in [0.3, 0.4) is 0 Å². The number of ether oxygens (including phenoxy) is 1. The van der Waals surface area contributed by atoms with Gasteiger partial charge in [-0.3, -0.25) is 0 Å². The lowest BCUT2D eigenvalue weighted by molar-refractivity contribution is -0.288. The van der Waals surface area contributed by atoms with Gasteiger partial charge >= 0.3 is 0 Å². The summed E-state index contributed by atoms with van der Waals surface area (Å²) in [5, 5.41) is 21.4. The largest absolute Gasteiger partial charge is 0.387 e. The van der Waals surface area contributed by atoms with Crippen LogP contribution in [0.15, 0.2) is 0 Å². The molecule has 3 fully saturated rings. The van der Waals surface area contributed by atoms with Crippen LogP contribution in [-0.2, 0) is 4.74 Å². The van der Waals surface area contributed by atoms with E-state index < -0.39 is 11.4 Å². The summed E-state index contributed by atoms with van der Waals surface area (Å²) in [4.78, 5) is 0. The lowest BCUT2D eigenvalue weighted by Gasteiger charge is -2.42. The fourth-order valence-electron chi connectivity index (χ4n) is 4.89. The van der Waals surface area contributed by atoms with Crippen LogP contribution >= 0.6 is 0 Å². The summed E-state index contributed by atoms with van der Waals surface area (Å²) in [5.41, 5.74) is -0.959. The zero-order valence-electron chi connectivity index (χ0n) is 11.9. The zero-order valence-corrected chi connectivity index (χ0v) is 11.9. The smallest absolute Gasteiger partial charge is 0.171 e. The Bertz CT molecular complexity index is 365. The second-order valence-electron chi connectivity index (χ2n) is 7.57. The second kappa shape index (κ2) is 3.50. The number of aliphatic hydroxyl groups is 2. The SMILES string of the molecule is CC(C)[C@@H]1CC[C@]2(C)[C@H]1[C@@H]1O[C@@]2(O)CC[C@]1(C)O. The Morgan fingerprint density at radius 2 is 1.78 bits per heavy atom. The lowest BCUT2D eigenvalue weighted by atomic mass is 9.69. The summed E-state index contributed by atoms with van der Waals surface area (Å²) in [6, 6.07) is 0. The van der Waals surface area contributed by atoms with Gasteiger partial charge in [-0.15, -0.1) is 0 Å². The molecule has 1 aliphatic carbocycles. The fourth-order valence-corrected chi connectivity index (χ4v) is 4.89. The van der Waals surface area contributed by atoms with Gasteiger partial charge in [-0.05, 0) is 38.0 Å². The van der Waals surface area contributed by atoms with Crippen molar-refractivity contribution < 1.29 is 14.9 Å². The van der Waals surface area contributed by atoms with E-state index in [1.165, 1.54) is 0 Å². The van der Waals surface area contributed by atoms with Gasteiger partial charge in [0.25, 0.3) is 0 Å². The molecule has 0 aromatic heterocycles. The predicted octanol–water partition coefficient (Wildman–Crippen LogP) is 2.31. The van der Waals surface area contributed by atoms with Gasteiger partial charge in [-0.25, -0.2) is 0 Å². The molecule has 3 heteroatoms. The van der Waals surface area contributed by atoms with Crippen molar-refractivity contribution in [3.63, 3.8) is 0 Å². The Balaban J connectivity index is 2.05. The topological polar surface area (TPSA) is 49.7 Å². The first-order valence-corrected chi connectivity index (χ1v) is 7.34. The third kappa shape index (κ3) is 1.36. The maximum atomic E-state index is 10.8. The van der Waals surface area contributed by atoms with Crippen molar-refractivity contribution in [3.05, 3.63) is 0 Å². The summed E-state index contributed by atoms with van der Waals surface area (Å²) in [6.45, 7) is 8.54. The number of fused-ring (bicyclic) bond motifs is 5. The first-order valence-electron chi connectivity index (χ1n) is 7.34. The summed E-state index contributed by atoms with van der Waals surface area (Å²) in [7, 11) is 0. The first kappa shape index (κ1) is 12.9. The minimum Gasteiger partial charge on any atom is -0.387 e. The summed E-state index contributed by atoms with van der Waals surface area (Å²) < 4.78 is 5.96. The van der Waals surface area contributed by atoms with Crippen LogP contribution in [0.2, 0.25) is 0 Å². The van der Waals surface area contributed by atoms with Crippen molar-refractivity contribution in [2.45, 2.75) is 70.9 Å². The summed E-state index contributed by atoms with van der Waals surface area (Å²) >= 11 is 0. The third-order valence-electron chi connectivity index (χ3n) is 6.17. The molecule has 3 nitrogen and oxygen atoms in total. The molecular weight excluding hydrogens is 228 g/mol. The molecule has 104 valence electrons. The van der Waals surface area contributed by atoms with E-state index in [-0.39, 0.29) is 11.5 Å². The Hall–Kier alpha value is -0.120. The van der Waals surface area contributed by atoms with Crippen LogP contribution in [0.25, 0.3) is 0 Å². The quantitative estimate of drug-likeness (QED) is 0.755. The van der Waals surface area contributed by atoms with Gasteiger partial charge in [0.1, 0.15) is 0 Å². The minimum absolute atomic E-state index is 0.174. The highest BCUT2D eigenvalue weighted by Crippen LogP contribution is 2.67. The summed E-state index contributed by atoms with van der Waals surface area (Å²) in [6.07, 6.45) is 3.18. The molecule has 0 unspecified atom stereocenters. The Labute approximate surface area is 110 Å². The van der Waals surface area contributed by atoms with Crippen LogP contribution in [0, 0.1) is 23.2 Å². The van der Waals surface area contributed by atoms with Crippen LogP contribution in [0.4, 0.5) is 0 Å². The molecule has 2 aliphatic heterocycles. The summed E-state index contributed by atoms with van der Waals surface area (Å²) in [5.74, 6) is 0.423. The lowest BCUT2D eigenvalue weighted by Crippen LogP contribution is -2.51. The van der Waals surface area contributed by atoms with E-state index in [1.807, 2.05) is 6.92 Å². The molecule has 2 heterocycles. The average Bonchev–Trinajstić information content (AvgIpc) is 2.69. The molecule has 0 amide bonds. The normalized spacial score (nSPS) is 59.2. The van der Waals surface area contributed by atoms with Crippen molar-refractivity contribution in [2.75, 3.05) is 0 Å². The molecule has 2 bridgehead atoms. The van der Waals surface area contributed by atoms with E-state index in [9.17, 15) is 10.2 Å². The van der Waals surface area contributed by atoms with Crippen LogP contribution in [-0.4, -0.2) is 27.7 Å². The van der Waals surface area contributed by atoms with Gasteiger partial charge in [0.2, 0.25) is 0 Å². The van der Waals surface area contributed by atoms with Gasteiger partial charge in [0.05, 0.1) is 11.7 Å². The molecule has 6 atom stereocenters. The van der Waals surface area contributed by atoms with Gasteiger partial charge < -0.3 is 14.9 Å². The van der Waals surface area contributed by atoms with Gasteiger partial charge in [-0.2, -0.15) is 0 Å². The molecule has 3 aliphatic rings. The molecule has 1 saturated carbocycles. The average molecular weight is 254 g/mol. The van der Waals surface area contributed by atoms with Crippen LogP contribution in [0.5, 0.6) is 0 Å². The second-order valence-corrected chi connectivity index (χ2v) is 7.57. The van der Waals surface area contributed by atoms with E-state index >= 15 is 0 Å². The monoisotopic (exact) mass is 254 g/mol. The number of hydrogen-bond donors (Lipinski definition) is 2. The molecule has 0 aromatic rings. The van der Waals surface area contributed by atoms with E-state index in [0.29, 0.717) is 30.6 Å². The van der Waals surface area contributed by atoms with Crippen molar-refractivity contribution in [1.29, 1.82) is 0 Å². The Morgan fingerprint density at radius 3 is 2.39 bits per heavy atom. The van der Waals surface area contributed by atoms with E-state index in [1.54, 1.807) is 0 Å². The van der Waals surface area contributed by atoms with Gasteiger partial charge in [0, 0.05) is 17.8 Å². The van der Waals surface area contributed by atoms with Crippen molar-refractivity contribution in [3.8, 4) is 0 Å². The van der Waals surface area contributed by atoms with Gasteiger partial charge in [-0.1, -0.05) is 20.8 Å². The molecule has 0 spiro atoms. The molecular formula is C15H26O3. The zero-order chi connectivity index (χ0) is 13.3. The number of hydrogen-bond acceptors (Lipinski definition) is 3. The highest BCUT2D eigenvalue weighted by atomic mass is 16.6. The molecule has 18 heavy (non-hydrogen) atoms. The molecule has 2 saturated heterocycles. The van der Waals surface area contributed by atoms with E-state index in [2.05, 4.69) is 20.8 Å². The Kier molecular flexibility index (Phi) is 2.51. The van der Waals surface area contributed by atoms with Gasteiger partial charge in [0.15, 0.2) is 5.79 Å². The minimum atomic E-state index is -1.01. The third-order valence-corrected chi connectivity index (χ3v) is 6.17. The standard InChI is InChI=1S/C15H26O3/c1-9(2)10-5-6-13(3)11(10)12-14(4,16)7-8-15(13,17)18-12/h9-12,16-17H,5-8H2,1-4H3/t10-,11+,12-,13+,14-,15-/m0/s1. The van der Waals surface area contributed by atoms with Crippen molar-refractivity contribution in [2.24, 2.45) is 23.2 Å². The van der Waals surface area contributed by atoms with E-state index in [0.717, 1.165) is 12.8 Å². The maximum absolute atomic E-state index is 10.8. The molecule has 2 N–H and O–H groups in total. The first-order chi connectivity index (χ1) is 8.21. The highest BCUT2D eigenvalue weighted by molar-refractivity contribution is 5.16. The fraction of sp³-hybridized carbons (Fsp3) is 1.00.